The standard InChI is InChI=1S/C18H23NO3/c1-20-15-11-17(21-2)16(18(12-15)22-3)13-19-10-9-14-7-5-4-6-8-14/h4-8,11-12,19H,9-10,13H2,1-3H3. The van der Waals surface area contributed by atoms with Crippen LogP contribution in [0.4, 0.5) is 0 Å². The first-order valence-electron chi connectivity index (χ1n) is 7.32. The first kappa shape index (κ1) is 16.2. The smallest absolute Gasteiger partial charge is 0.130 e. The molecule has 2 rings (SSSR count). The highest BCUT2D eigenvalue weighted by molar-refractivity contribution is 5.50. The van der Waals surface area contributed by atoms with Crippen molar-refractivity contribution in [2.24, 2.45) is 0 Å². The lowest BCUT2D eigenvalue weighted by Crippen LogP contribution is -2.17. The summed E-state index contributed by atoms with van der Waals surface area (Å²) in [4.78, 5) is 0. The molecule has 0 radical (unpaired) electrons. The topological polar surface area (TPSA) is 39.7 Å². The molecule has 0 aliphatic rings. The Kier molecular flexibility index (Phi) is 6.10. The van der Waals surface area contributed by atoms with Crippen LogP contribution in [-0.2, 0) is 13.0 Å². The van der Waals surface area contributed by atoms with Crippen LogP contribution in [0, 0.1) is 0 Å². The quantitative estimate of drug-likeness (QED) is 0.761. The van der Waals surface area contributed by atoms with E-state index in [0.29, 0.717) is 6.54 Å². The Hall–Kier alpha value is -2.20. The van der Waals surface area contributed by atoms with Gasteiger partial charge >= 0.3 is 0 Å². The second-order valence-corrected chi connectivity index (χ2v) is 4.92. The Morgan fingerprint density at radius 2 is 1.50 bits per heavy atom. The van der Waals surface area contributed by atoms with Crippen LogP contribution in [0.5, 0.6) is 17.2 Å². The maximum Gasteiger partial charge on any atom is 0.130 e. The zero-order valence-electron chi connectivity index (χ0n) is 13.4. The molecule has 0 fully saturated rings. The second kappa shape index (κ2) is 8.29. The molecule has 4 heteroatoms. The molecule has 0 spiro atoms. The molecule has 0 aliphatic heterocycles. The summed E-state index contributed by atoms with van der Waals surface area (Å²) in [6.07, 6.45) is 0.988. The summed E-state index contributed by atoms with van der Waals surface area (Å²) < 4.78 is 16.1. The number of ether oxygens (including phenoxy) is 3. The van der Waals surface area contributed by atoms with Crippen molar-refractivity contribution in [1.82, 2.24) is 5.32 Å². The molecular weight excluding hydrogens is 278 g/mol. The summed E-state index contributed by atoms with van der Waals surface area (Å²) >= 11 is 0. The molecule has 4 nitrogen and oxygen atoms in total. The van der Waals surface area contributed by atoms with Crippen molar-refractivity contribution in [3.05, 3.63) is 53.6 Å². The fourth-order valence-corrected chi connectivity index (χ4v) is 2.34. The molecule has 0 heterocycles. The van der Waals surface area contributed by atoms with Gasteiger partial charge in [-0.25, -0.2) is 0 Å². The first-order chi connectivity index (χ1) is 10.8. The fourth-order valence-electron chi connectivity index (χ4n) is 2.34. The van der Waals surface area contributed by atoms with E-state index >= 15 is 0 Å². The largest absolute Gasteiger partial charge is 0.496 e. The van der Waals surface area contributed by atoms with Crippen molar-refractivity contribution in [1.29, 1.82) is 0 Å². The highest BCUT2D eigenvalue weighted by Crippen LogP contribution is 2.33. The third-order valence-electron chi connectivity index (χ3n) is 3.55. The molecule has 0 amide bonds. The molecule has 0 saturated carbocycles. The molecular formula is C18H23NO3. The molecule has 0 aliphatic carbocycles. The molecule has 0 atom stereocenters. The SMILES string of the molecule is COc1cc(OC)c(CNCCc2ccccc2)c(OC)c1. The molecule has 0 unspecified atom stereocenters. The third-order valence-corrected chi connectivity index (χ3v) is 3.55. The van der Waals surface area contributed by atoms with Crippen molar-refractivity contribution in [2.75, 3.05) is 27.9 Å². The van der Waals surface area contributed by atoms with Crippen LogP contribution in [0.3, 0.4) is 0 Å². The van der Waals surface area contributed by atoms with Crippen molar-refractivity contribution < 1.29 is 14.2 Å². The molecule has 1 N–H and O–H groups in total. The number of nitrogens with one attached hydrogen (secondary N) is 1. The fraction of sp³-hybridized carbons (Fsp3) is 0.333. The maximum atomic E-state index is 5.45. The summed E-state index contributed by atoms with van der Waals surface area (Å²) in [5, 5.41) is 3.44. The van der Waals surface area contributed by atoms with E-state index in [1.165, 1.54) is 5.56 Å². The van der Waals surface area contributed by atoms with Crippen LogP contribution in [0.1, 0.15) is 11.1 Å². The number of methoxy groups -OCH3 is 3. The van der Waals surface area contributed by atoms with Crippen LogP contribution >= 0.6 is 0 Å². The molecule has 2 aromatic rings. The van der Waals surface area contributed by atoms with Crippen LogP contribution in [0.25, 0.3) is 0 Å². The molecule has 118 valence electrons. The average molecular weight is 301 g/mol. The Balaban J connectivity index is 1.99. The van der Waals surface area contributed by atoms with Gasteiger partial charge in [0.25, 0.3) is 0 Å². The van der Waals surface area contributed by atoms with E-state index in [4.69, 9.17) is 14.2 Å². The van der Waals surface area contributed by atoms with Crippen molar-refractivity contribution in [3.8, 4) is 17.2 Å². The molecule has 0 bridgehead atoms. The number of hydrogen-bond acceptors (Lipinski definition) is 4. The van der Waals surface area contributed by atoms with E-state index in [2.05, 4.69) is 29.6 Å². The minimum absolute atomic E-state index is 0.684. The van der Waals surface area contributed by atoms with Gasteiger partial charge in [-0.15, -0.1) is 0 Å². The van der Waals surface area contributed by atoms with E-state index in [0.717, 1.165) is 35.8 Å². The van der Waals surface area contributed by atoms with Crippen molar-refractivity contribution >= 4 is 0 Å². The predicted molar refractivity (Wildman–Crippen MR) is 88.0 cm³/mol. The van der Waals surface area contributed by atoms with Gasteiger partial charge in [0.05, 0.1) is 26.9 Å². The monoisotopic (exact) mass is 301 g/mol. The number of benzene rings is 2. The van der Waals surface area contributed by atoms with Gasteiger partial charge in [-0.1, -0.05) is 30.3 Å². The molecule has 22 heavy (non-hydrogen) atoms. The zero-order valence-corrected chi connectivity index (χ0v) is 13.4. The van der Waals surface area contributed by atoms with Gasteiger partial charge in [0, 0.05) is 18.7 Å². The molecule has 2 aromatic carbocycles. The third kappa shape index (κ3) is 4.15. The van der Waals surface area contributed by atoms with Crippen LogP contribution < -0.4 is 19.5 Å². The predicted octanol–water partition coefficient (Wildman–Crippen LogP) is 3.04. The summed E-state index contributed by atoms with van der Waals surface area (Å²) in [6.45, 7) is 1.57. The van der Waals surface area contributed by atoms with E-state index in [1.54, 1.807) is 21.3 Å². The van der Waals surface area contributed by atoms with Gasteiger partial charge < -0.3 is 19.5 Å². The average Bonchev–Trinajstić information content (AvgIpc) is 2.59. The minimum atomic E-state index is 0.684. The van der Waals surface area contributed by atoms with Gasteiger partial charge in [-0.3, -0.25) is 0 Å². The molecule has 0 saturated heterocycles. The lowest BCUT2D eigenvalue weighted by molar-refractivity contribution is 0.366. The summed E-state index contributed by atoms with van der Waals surface area (Å²) in [5.41, 5.74) is 2.32. The summed E-state index contributed by atoms with van der Waals surface area (Å²) in [7, 11) is 4.94. The van der Waals surface area contributed by atoms with Gasteiger partial charge in [0.1, 0.15) is 17.2 Å². The van der Waals surface area contributed by atoms with Crippen molar-refractivity contribution in [2.45, 2.75) is 13.0 Å². The van der Waals surface area contributed by atoms with E-state index in [1.807, 2.05) is 18.2 Å². The van der Waals surface area contributed by atoms with Crippen LogP contribution in [-0.4, -0.2) is 27.9 Å². The lowest BCUT2D eigenvalue weighted by Gasteiger charge is -2.15. The normalized spacial score (nSPS) is 10.3. The zero-order chi connectivity index (χ0) is 15.8. The van der Waals surface area contributed by atoms with Crippen LogP contribution in [0.2, 0.25) is 0 Å². The minimum Gasteiger partial charge on any atom is -0.496 e. The highest BCUT2D eigenvalue weighted by atomic mass is 16.5. The second-order valence-electron chi connectivity index (χ2n) is 4.92. The lowest BCUT2D eigenvalue weighted by atomic mass is 10.1. The van der Waals surface area contributed by atoms with Gasteiger partial charge in [0.15, 0.2) is 0 Å². The van der Waals surface area contributed by atoms with E-state index < -0.39 is 0 Å². The maximum absolute atomic E-state index is 5.45. The summed E-state index contributed by atoms with van der Waals surface area (Å²) in [5.74, 6) is 2.26. The first-order valence-corrected chi connectivity index (χ1v) is 7.32. The number of hydrogen-bond donors (Lipinski definition) is 1. The Morgan fingerprint density at radius 1 is 0.864 bits per heavy atom. The van der Waals surface area contributed by atoms with E-state index in [9.17, 15) is 0 Å². The number of rotatable bonds is 8. The summed E-state index contributed by atoms with van der Waals surface area (Å²) in [6, 6.07) is 14.2. The van der Waals surface area contributed by atoms with Crippen LogP contribution in [0.15, 0.2) is 42.5 Å². The Morgan fingerprint density at radius 3 is 2.05 bits per heavy atom. The van der Waals surface area contributed by atoms with Gasteiger partial charge in [-0.05, 0) is 18.5 Å². The van der Waals surface area contributed by atoms with Crippen molar-refractivity contribution in [3.63, 3.8) is 0 Å². The van der Waals surface area contributed by atoms with Gasteiger partial charge in [-0.2, -0.15) is 0 Å². The van der Waals surface area contributed by atoms with E-state index in [-0.39, 0.29) is 0 Å². The Bertz CT molecular complexity index is 559. The van der Waals surface area contributed by atoms with Gasteiger partial charge in [0.2, 0.25) is 0 Å². The Labute approximate surface area is 132 Å². The molecule has 0 aromatic heterocycles. The highest BCUT2D eigenvalue weighted by Gasteiger charge is 2.12.